The third-order valence-electron chi connectivity index (χ3n) is 6.31. The maximum absolute atomic E-state index is 13.1. The van der Waals surface area contributed by atoms with Gasteiger partial charge in [-0.15, -0.1) is 0 Å². The molecule has 0 aliphatic heterocycles. The van der Waals surface area contributed by atoms with E-state index >= 15 is 0 Å². The third-order valence-corrected chi connectivity index (χ3v) is 6.31. The Morgan fingerprint density at radius 3 is 1.53 bits per heavy atom. The molecule has 0 radical (unpaired) electrons. The molecule has 34 heavy (non-hydrogen) atoms. The Kier molecular flexibility index (Phi) is 10.4. The average molecular weight is 483 g/mol. The summed E-state index contributed by atoms with van der Waals surface area (Å²) in [7, 11) is 1.63. The van der Waals surface area contributed by atoms with Crippen molar-refractivity contribution >= 4 is 17.7 Å². The fraction of sp³-hybridized carbons (Fsp3) is 0.821. The van der Waals surface area contributed by atoms with E-state index in [1.165, 1.54) is 6.26 Å². The highest BCUT2D eigenvalue weighted by Gasteiger charge is 2.41. The van der Waals surface area contributed by atoms with Gasteiger partial charge in [0.1, 0.15) is 11.4 Å². The predicted molar refractivity (Wildman–Crippen MR) is 136 cm³/mol. The van der Waals surface area contributed by atoms with Crippen molar-refractivity contribution in [3.63, 3.8) is 0 Å². The molecule has 198 valence electrons. The number of rotatable bonds is 13. The van der Waals surface area contributed by atoms with Gasteiger partial charge in [-0.2, -0.15) is 0 Å². The fourth-order valence-electron chi connectivity index (χ4n) is 4.53. The highest BCUT2D eigenvalue weighted by atomic mass is 16.6. The molecule has 0 heterocycles. The largest absolute Gasteiger partial charge is 0.459 e. The molecule has 0 aliphatic rings. The van der Waals surface area contributed by atoms with Gasteiger partial charge in [0, 0.05) is 12.5 Å². The summed E-state index contributed by atoms with van der Waals surface area (Å²) in [6, 6.07) is 0. The number of hydrogen-bond donors (Lipinski definition) is 0. The van der Waals surface area contributed by atoms with Crippen LogP contribution in [0.4, 0.5) is 0 Å². The van der Waals surface area contributed by atoms with Crippen LogP contribution in [0, 0.1) is 21.7 Å². The number of allylic oxidation sites excluding steroid dienone is 1. The smallest absolute Gasteiger partial charge is 0.316 e. The molecule has 0 N–H and O–H groups in total. The van der Waals surface area contributed by atoms with Crippen molar-refractivity contribution in [3.05, 3.63) is 12.3 Å². The van der Waals surface area contributed by atoms with Crippen LogP contribution in [-0.4, -0.2) is 36.0 Å². The molecule has 0 spiro atoms. The number of Topliss-reactive ketones (excluding diaryl/α,β-unsaturated/α-hetero) is 1. The van der Waals surface area contributed by atoms with Crippen LogP contribution in [0.15, 0.2) is 12.3 Å². The summed E-state index contributed by atoms with van der Waals surface area (Å²) < 4.78 is 16.8. The Bertz CT molecular complexity index is 766. The van der Waals surface area contributed by atoms with Gasteiger partial charge in [-0.05, 0) is 93.1 Å². The zero-order valence-electron chi connectivity index (χ0n) is 24.2. The summed E-state index contributed by atoms with van der Waals surface area (Å²) in [6.07, 6.45) is 4.67. The molecule has 0 fully saturated rings. The summed E-state index contributed by atoms with van der Waals surface area (Å²) in [5.74, 6) is -0.595. The number of carbonyl (C=O) groups excluding carboxylic acids is 3. The molecule has 0 atom stereocenters. The summed E-state index contributed by atoms with van der Waals surface area (Å²) in [4.78, 5) is 37.6. The van der Waals surface area contributed by atoms with Crippen molar-refractivity contribution in [2.45, 2.75) is 120 Å². The van der Waals surface area contributed by atoms with E-state index in [9.17, 15) is 14.4 Å². The van der Waals surface area contributed by atoms with Gasteiger partial charge in [0.15, 0.2) is 0 Å². The van der Waals surface area contributed by atoms with Gasteiger partial charge in [-0.25, -0.2) is 0 Å². The minimum absolute atomic E-state index is 0.0608. The molecule has 0 aliphatic carbocycles. The lowest BCUT2D eigenvalue weighted by Gasteiger charge is -2.37. The Balaban J connectivity index is 5.21. The number of ketones is 1. The van der Waals surface area contributed by atoms with E-state index in [0.29, 0.717) is 19.3 Å². The Morgan fingerprint density at radius 1 is 0.647 bits per heavy atom. The molecule has 0 bridgehead atoms. The van der Waals surface area contributed by atoms with Crippen LogP contribution in [0.3, 0.4) is 0 Å². The van der Waals surface area contributed by atoms with Crippen molar-refractivity contribution < 1.29 is 28.6 Å². The Morgan fingerprint density at radius 2 is 1.09 bits per heavy atom. The van der Waals surface area contributed by atoms with E-state index in [4.69, 9.17) is 14.2 Å². The maximum Gasteiger partial charge on any atom is 0.316 e. The van der Waals surface area contributed by atoms with Crippen LogP contribution in [0.1, 0.15) is 109 Å². The minimum Gasteiger partial charge on any atom is -0.459 e. The molecular weight excluding hydrogens is 432 g/mol. The Hall–Kier alpha value is -1.69. The molecule has 6 heteroatoms. The first-order valence-corrected chi connectivity index (χ1v) is 12.1. The van der Waals surface area contributed by atoms with Crippen LogP contribution in [0.5, 0.6) is 0 Å². The van der Waals surface area contributed by atoms with Crippen molar-refractivity contribution in [3.8, 4) is 0 Å². The SMILES string of the molecule is COC(C)(C)CC(C)(C)C(=O)OC=CC(C)(C)CC(C)(C)C(=O)OC(C)(C)CC(C)(C)C(C)=O. The third kappa shape index (κ3) is 10.7. The normalized spacial score (nSPS) is 14.3. The zero-order valence-corrected chi connectivity index (χ0v) is 24.2. The van der Waals surface area contributed by atoms with E-state index in [1.807, 2.05) is 89.2 Å². The molecule has 0 amide bonds. The summed E-state index contributed by atoms with van der Waals surface area (Å²) >= 11 is 0. The van der Waals surface area contributed by atoms with Gasteiger partial charge >= 0.3 is 11.9 Å². The second kappa shape index (κ2) is 10.9. The number of carbonyl (C=O) groups is 3. The highest BCUT2D eigenvalue weighted by Crippen LogP contribution is 2.39. The van der Waals surface area contributed by atoms with Crippen molar-refractivity contribution in [1.82, 2.24) is 0 Å². The standard InChI is InChI=1S/C28H50O6/c1-20(29)24(4,5)18-28(12,13)34-22(31)25(6,7)17-23(2,3)15-16-33-21(30)26(8,9)19-27(10,11)32-14/h15-16H,17-19H2,1-14H3. The van der Waals surface area contributed by atoms with Gasteiger partial charge in [0.2, 0.25) is 0 Å². The van der Waals surface area contributed by atoms with Gasteiger partial charge in [-0.3, -0.25) is 14.4 Å². The van der Waals surface area contributed by atoms with Crippen molar-refractivity contribution in [1.29, 1.82) is 0 Å². The van der Waals surface area contributed by atoms with Gasteiger partial charge in [0.25, 0.3) is 0 Å². The maximum atomic E-state index is 13.1. The molecule has 0 aromatic rings. The first-order valence-electron chi connectivity index (χ1n) is 12.1. The van der Waals surface area contributed by atoms with Crippen LogP contribution in [0.25, 0.3) is 0 Å². The topological polar surface area (TPSA) is 78.9 Å². The van der Waals surface area contributed by atoms with E-state index < -0.39 is 32.9 Å². The van der Waals surface area contributed by atoms with E-state index in [-0.39, 0.29) is 17.7 Å². The predicted octanol–water partition coefficient (Wildman–Crippen LogP) is 6.65. The lowest BCUT2D eigenvalue weighted by Crippen LogP contribution is -2.41. The molecule has 0 aromatic heterocycles. The quantitative estimate of drug-likeness (QED) is 0.216. The first kappa shape index (κ1) is 32.3. The molecular formula is C28H50O6. The lowest BCUT2D eigenvalue weighted by molar-refractivity contribution is -0.172. The number of esters is 2. The Labute approximate surface area is 208 Å². The van der Waals surface area contributed by atoms with Gasteiger partial charge in [0.05, 0.1) is 22.7 Å². The molecule has 0 rings (SSSR count). The van der Waals surface area contributed by atoms with Crippen molar-refractivity contribution in [2.24, 2.45) is 21.7 Å². The fourth-order valence-corrected chi connectivity index (χ4v) is 4.53. The van der Waals surface area contributed by atoms with E-state index in [1.54, 1.807) is 14.0 Å². The summed E-state index contributed by atoms with van der Waals surface area (Å²) in [5.41, 5.74) is -3.72. The summed E-state index contributed by atoms with van der Waals surface area (Å²) in [5, 5.41) is 0. The van der Waals surface area contributed by atoms with E-state index in [0.717, 1.165) is 0 Å². The highest BCUT2D eigenvalue weighted by molar-refractivity contribution is 5.81. The number of hydrogen-bond acceptors (Lipinski definition) is 6. The van der Waals surface area contributed by atoms with Crippen LogP contribution in [-0.2, 0) is 28.6 Å². The average Bonchev–Trinajstić information content (AvgIpc) is 2.58. The molecule has 6 nitrogen and oxygen atoms in total. The minimum atomic E-state index is -0.781. The first-order chi connectivity index (χ1) is 14.9. The second-order valence-corrected chi connectivity index (χ2v) is 13.5. The van der Waals surface area contributed by atoms with Gasteiger partial charge in [-0.1, -0.05) is 27.7 Å². The molecule has 0 aromatic carbocycles. The molecule has 0 unspecified atom stereocenters. The van der Waals surface area contributed by atoms with Crippen LogP contribution in [0.2, 0.25) is 0 Å². The lowest BCUT2D eigenvalue weighted by atomic mass is 9.74. The second-order valence-electron chi connectivity index (χ2n) is 13.5. The van der Waals surface area contributed by atoms with Crippen LogP contribution >= 0.6 is 0 Å². The summed E-state index contributed by atoms with van der Waals surface area (Å²) in [6.45, 7) is 24.2. The monoisotopic (exact) mass is 482 g/mol. The van der Waals surface area contributed by atoms with Gasteiger partial charge < -0.3 is 14.2 Å². The van der Waals surface area contributed by atoms with Crippen molar-refractivity contribution in [2.75, 3.05) is 7.11 Å². The number of methoxy groups -OCH3 is 1. The molecule has 0 saturated heterocycles. The number of ether oxygens (including phenoxy) is 3. The molecule has 0 saturated carbocycles. The van der Waals surface area contributed by atoms with E-state index in [2.05, 4.69) is 0 Å². The van der Waals surface area contributed by atoms with Crippen LogP contribution < -0.4 is 0 Å². The zero-order chi connectivity index (χ0) is 27.4.